The second-order valence-electron chi connectivity index (χ2n) is 7.83. The Bertz CT molecular complexity index is 1310. The molecule has 0 atom stereocenters. The zero-order valence-electron chi connectivity index (χ0n) is 16.6. The molecule has 1 aliphatic carbocycles. The molecule has 0 N–H and O–H groups in total. The minimum absolute atomic E-state index is 0.116. The van der Waals surface area contributed by atoms with Crippen LogP contribution in [0.25, 0.3) is 33.3 Å². The van der Waals surface area contributed by atoms with Crippen molar-refractivity contribution in [3.8, 4) is 22.4 Å². The molecule has 0 spiro atoms. The van der Waals surface area contributed by atoms with Crippen molar-refractivity contribution in [2.45, 2.75) is 27.7 Å². The summed E-state index contributed by atoms with van der Waals surface area (Å²) < 4.78 is 0. The third kappa shape index (κ3) is 2.27. The summed E-state index contributed by atoms with van der Waals surface area (Å²) in [5.41, 5.74) is 11.7. The van der Waals surface area contributed by atoms with Crippen molar-refractivity contribution in [1.82, 2.24) is 4.98 Å². The number of aromatic nitrogens is 1. The molecule has 2 nitrogen and oxygen atoms in total. The Morgan fingerprint density at radius 2 is 1.50 bits per heavy atom. The van der Waals surface area contributed by atoms with Gasteiger partial charge in [0.05, 0.1) is 11.2 Å². The fourth-order valence-electron chi connectivity index (χ4n) is 4.45. The normalized spacial score (nSPS) is 12.4. The van der Waals surface area contributed by atoms with Crippen LogP contribution in [-0.2, 0) is 0 Å². The fourth-order valence-corrected chi connectivity index (χ4v) is 4.45. The minimum atomic E-state index is 0.116. The average Bonchev–Trinajstić information content (AvgIpc) is 2.98. The topological polar surface area (TPSA) is 30.0 Å². The molecule has 4 aromatic rings. The third-order valence-electron chi connectivity index (χ3n) is 5.97. The molecule has 0 fully saturated rings. The monoisotopic (exact) mass is 363 g/mol. The molecule has 5 rings (SSSR count). The second-order valence-corrected chi connectivity index (χ2v) is 7.83. The molecule has 0 amide bonds. The van der Waals surface area contributed by atoms with Crippen LogP contribution in [0.3, 0.4) is 0 Å². The largest absolute Gasteiger partial charge is 0.289 e. The van der Waals surface area contributed by atoms with Gasteiger partial charge in [-0.1, -0.05) is 29.8 Å². The summed E-state index contributed by atoms with van der Waals surface area (Å²) in [5.74, 6) is 0.116. The summed E-state index contributed by atoms with van der Waals surface area (Å²) in [4.78, 5) is 17.9. The van der Waals surface area contributed by atoms with E-state index in [9.17, 15) is 4.79 Å². The van der Waals surface area contributed by atoms with Crippen molar-refractivity contribution in [1.29, 1.82) is 0 Å². The molecule has 1 aliphatic rings. The van der Waals surface area contributed by atoms with Gasteiger partial charge in [0.1, 0.15) is 0 Å². The lowest BCUT2D eigenvalue weighted by atomic mass is 9.95. The first-order chi connectivity index (χ1) is 13.5. The maximum absolute atomic E-state index is 12.9. The number of carbonyl (C=O) groups is 1. The van der Waals surface area contributed by atoms with E-state index in [-0.39, 0.29) is 5.78 Å². The Balaban J connectivity index is 1.78. The van der Waals surface area contributed by atoms with Crippen LogP contribution in [-0.4, -0.2) is 10.8 Å². The van der Waals surface area contributed by atoms with E-state index in [1.54, 1.807) is 0 Å². The first-order valence-electron chi connectivity index (χ1n) is 9.62. The van der Waals surface area contributed by atoms with Gasteiger partial charge < -0.3 is 0 Å². The maximum atomic E-state index is 12.9. The number of fused-ring (bicyclic) bond motifs is 5. The second kappa shape index (κ2) is 5.87. The van der Waals surface area contributed by atoms with E-state index in [1.807, 2.05) is 24.3 Å². The number of carbonyl (C=O) groups excluding carboxylic acids is 1. The molecule has 2 heteroatoms. The SMILES string of the molecule is Cc1cc(C)c(C)c(-c2ccc3c4c(ccc3n2)C(=O)c2cccc(C)c2-4)c1. The van der Waals surface area contributed by atoms with Crippen molar-refractivity contribution in [2.24, 2.45) is 0 Å². The third-order valence-corrected chi connectivity index (χ3v) is 5.97. The lowest BCUT2D eigenvalue weighted by Gasteiger charge is -2.12. The van der Waals surface area contributed by atoms with Gasteiger partial charge in [-0.05, 0) is 80.3 Å². The predicted octanol–water partition coefficient (Wildman–Crippen LogP) is 6.35. The van der Waals surface area contributed by atoms with Crippen molar-refractivity contribution in [3.05, 3.63) is 88.0 Å². The Labute approximate surface area is 164 Å². The summed E-state index contributed by atoms with van der Waals surface area (Å²) in [7, 11) is 0. The first-order valence-corrected chi connectivity index (χ1v) is 9.62. The predicted molar refractivity (Wildman–Crippen MR) is 115 cm³/mol. The van der Waals surface area contributed by atoms with Gasteiger partial charge in [0.25, 0.3) is 0 Å². The number of nitrogens with zero attached hydrogens (tertiary/aromatic N) is 1. The maximum Gasteiger partial charge on any atom is 0.194 e. The standard InChI is InChI=1S/C26H21NO/c1-14-12-16(3)17(4)21(13-14)23-10-8-18-22(27-23)11-9-20-25(18)24-15(2)6-5-7-19(24)26(20)28/h5-13H,1-4H3. The van der Waals surface area contributed by atoms with Gasteiger partial charge in [-0.25, -0.2) is 4.98 Å². The van der Waals surface area contributed by atoms with Crippen LogP contribution < -0.4 is 0 Å². The molecule has 1 aromatic heterocycles. The summed E-state index contributed by atoms with van der Waals surface area (Å²) >= 11 is 0. The van der Waals surface area contributed by atoms with Crippen LogP contribution in [0.4, 0.5) is 0 Å². The number of aryl methyl sites for hydroxylation is 3. The molecule has 0 aliphatic heterocycles. The Morgan fingerprint density at radius 3 is 2.32 bits per heavy atom. The molecule has 1 heterocycles. The van der Waals surface area contributed by atoms with Crippen molar-refractivity contribution in [2.75, 3.05) is 0 Å². The molecule has 0 saturated heterocycles. The Morgan fingerprint density at radius 1 is 0.714 bits per heavy atom. The molecule has 0 saturated carbocycles. The van der Waals surface area contributed by atoms with Crippen molar-refractivity contribution < 1.29 is 4.79 Å². The molecular formula is C26H21NO. The van der Waals surface area contributed by atoms with Gasteiger partial charge in [0, 0.05) is 27.6 Å². The molecule has 28 heavy (non-hydrogen) atoms. The highest BCUT2D eigenvalue weighted by atomic mass is 16.1. The molecule has 0 unspecified atom stereocenters. The quantitative estimate of drug-likeness (QED) is 0.347. The van der Waals surface area contributed by atoms with Gasteiger partial charge in [-0.15, -0.1) is 0 Å². The molecule has 0 bridgehead atoms. The summed E-state index contributed by atoms with van der Waals surface area (Å²) in [5, 5.41) is 1.05. The van der Waals surface area contributed by atoms with Crippen LogP contribution in [0.2, 0.25) is 0 Å². The van der Waals surface area contributed by atoms with E-state index < -0.39 is 0 Å². The highest BCUT2D eigenvalue weighted by Gasteiger charge is 2.29. The van der Waals surface area contributed by atoms with E-state index in [4.69, 9.17) is 4.98 Å². The molecule has 136 valence electrons. The molecule has 3 aromatic carbocycles. The summed E-state index contributed by atoms with van der Waals surface area (Å²) in [6.07, 6.45) is 0. The first kappa shape index (κ1) is 16.9. The van der Waals surface area contributed by atoms with Crippen molar-refractivity contribution >= 4 is 16.7 Å². The smallest absolute Gasteiger partial charge is 0.194 e. The van der Waals surface area contributed by atoms with Crippen LogP contribution in [0, 0.1) is 27.7 Å². The number of pyridine rings is 1. The fraction of sp³-hybridized carbons (Fsp3) is 0.154. The lowest BCUT2D eigenvalue weighted by molar-refractivity contribution is 0.104. The van der Waals surface area contributed by atoms with Crippen molar-refractivity contribution in [3.63, 3.8) is 0 Å². The number of hydrogen-bond acceptors (Lipinski definition) is 2. The number of benzene rings is 3. The summed E-state index contributed by atoms with van der Waals surface area (Å²) in [6.45, 7) is 8.48. The van der Waals surface area contributed by atoms with Crippen LogP contribution in [0.5, 0.6) is 0 Å². The lowest BCUT2D eigenvalue weighted by Crippen LogP contribution is -1.96. The van der Waals surface area contributed by atoms with E-state index in [2.05, 4.69) is 58.0 Å². The van der Waals surface area contributed by atoms with Crippen LogP contribution >= 0.6 is 0 Å². The van der Waals surface area contributed by atoms with Gasteiger partial charge in [-0.3, -0.25) is 4.79 Å². The average molecular weight is 363 g/mol. The molecular weight excluding hydrogens is 342 g/mol. The Hall–Kier alpha value is -3.26. The summed E-state index contributed by atoms with van der Waals surface area (Å²) in [6, 6.07) is 18.5. The van der Waals surface area contributed by atoms with E-state index in [0.29, 0.717) is 0 Å². The number of ketones is 1. The molecule has 0 radical (unpaired) electrons. The highest BCUT2D eigenvalue weighted by molar-refractivity contribution is 6.26. The van der Waals surface area contributed by atoms with Crippen LogP contribution in [0.15, 0.2) is 54.6 Å². The number of rotatable bonds is 1. The van der Waals surface area contributed by atoms with Gasteiger partial charge in [0.2, 0.25) is 0 Å². The van der Waals surface area contributed by atoms with Gasteiger partial charge >= 0.3 is 0 Å². The van der Waals surface area contributed by atoms with E-state index in [1.165, 1.54) is 22.3 Å². The van der Waals surface area contributed by atoms with E-state index in [0.717, 1.165) is 44.4 Å². The minimum Gasteiger partial charge on any atom is -0.289 e. The van der Waals surface area contributed by atoms with Gasteiger partial charge in [0.15, 0.2) is 5.78 Å². The van der Waals surface area contributed by atoms with Gasteiger partial charge in [-0.2, -0.15) is 0 Å². The highest BCUT2D eigenvalue weighted by Crippen LogP contribution is 2.43. The number of hydrogen-bond donors (Lipinski definition) is 0. The Kier molecular flexibility index (Phi) is 3.54. The zero-order valence-corrected chi connectivity index (χ0v) is 16.6. The zero-order chi connectivity index (χ0) is 19.6. The van der Waals surface area contributed by atoms with E-state index >= 15 is 0 Å². The van der Waals surface area contributed by atoms with Crippen LogP contribution in [0.1, 0.15) is 38.2 Å².